The van der Waals surface area contributed by atoms with Crippen LogP contribution >= 0.6 is 11.3 Å². The second-order valence-electron chi connectivity index (χ2n) is 7.93. The standard InChI is InChI=1S/C18H27N3O2S/c1-18(2,3)16(23)21-10-6-7-12(11-21)15(22)20-17-19-13-8-4-5-9-14(13)24-17/h12H,4-11H2,1-3H3,(H,19,20,22). The highest BCUT2D eigenvalue weighted by Gasteiger charge is 2.33. The third-order valence-electron chi connectivity index (χ3n) is 4.80. The van der Waals surface area contributed by atoms with Gasteiger partial charge in [-0.25, -0.2) is 4.98 Å². The molecule has 3 rings (SSSR count). The van der Waals surface area contributed by atoms with Gasteiger partial charge in [-0.3, -0.25) is 9.59 Å². The predicted octanol–water partition coefficient (Wildman–Crippen LogP) is 3.25. The molecule has 1 saturated heterocycles. The number of nitrogens with zero attached hydrogens (tertiary/aromatic N) is 2. The fourth-order valence-electron chi connectivity index (χ4n) is 3.46. The molecule has 2 aliphatic rings. The van der Waals surface area contributed by atoms with Gasteiger partial charge in [0.05, 0.1) is 11.6 Å². The summed E-state index contributed by atoms with van der Waals surface area (Å²) in [6.07, 6.45) is 6.24. The summed E-state index contributed by atoms with van der Waals surface area (Å²) in [5.41, 5.74) is 0.766. The fraction of sp³-hybridized carbons (Fsp3) is 0.722. The van der Waals surface area contributed by atoms with E-state index in [1.165, 1.54) is 17.7 Å². The quantitative estimate of drug-likeness (QED) is 0.891. The largest absolute Gasteiger partial charge is 0.341 e. The maximum atomic E-state index is 12.6. The monoisotopic (exact) mass is 349 g/mol. The number of aromatic nitrogens is 1. The van der Waals surface area contributed by atoms with Crippen molar-refractivity contribution in [2.24, 2.45) is 11.3 Å². The van der Waals surface area contributed by atoms with Crippen molar-refractivity contribution in [1.29, 1.82) is 0 Å². The van der Waals surface area contributed by atoms with Gasteiger partial charge in [0.1, 0.15) is 0 Å². The summed E-state index contributed by atoms with van der Waals surface area (Å²) >= 11 is 1.62. The molecule has 5 nitrogen and oxygen atoms in total. The fourth-order valence-corrected chi connectivity index (χ4v) is 4.52. The molecule has 0 bridgehead atoms. The Labute approximate surface area is 147 Å². The second kappa shape index (κ2) is 6.82. The molecule has 1 aromatic rings. The summed E-state index contributed by atoms with van der Waals surface area (Å²) in [6, 6.07) is 0. The van der Waals surface area contributed by atoms with Crippen LogP contribution in [0.1, 0.15) is 57.0 Å². The molecule has 1 aliphatic heterocycles. The van der Waals surface area contributed by atoms with E-state index < -0.39 is 5.41 Å². The normalized spacial score (nSPS) is 21.3. The van der Waals surface area contributed by atoms with E-state index in [9.17, 15) is 9.59 Å². The summed E-state index contributed by atoms with van der Waals surface area (Å²) in [5.74, 6) is 0.00296. The van der Waals surface area contributed by atoms with Crippen LogP contribution in [0.5, 0.6) is 0 Å². The smallest absolute Gasteiger partial charge is 0.231 e. The van der Waals surface area contributed by atoms with Gasteiger partial charge in [-0.15, -0.1) is 11.3 Å². The van der Waals surface area contributed by atoms with E-state index in [-0.39, 0.29) is 17.7 Å². The number of hydrogen-bond donors (Lipinski definition) is 1. The molecule has 0 saturated carbocycles. The lowest BCUT2D eigenvalue weighted by atomic mass is 9.91. The molecule has 0 spiro atoms. The molecule has 132 valence electrons. The molecular weight excluding hydrogens is 322 g/mol. The van der Waals surface area contributed by atoms with Crippen molar-refractivity contribution in [3.05, 3.63) is 10.6 Å². The van der Waals surface area contributed by atoms with Crippen molar-refractivity contribution in [3.63, 3.8) is 0 Å². The molecule has 0 aromatic carbocycles. The van der Waals surface area contributed by atoms with Crippen molar-refractivity contribution in [2.45, 2.75) is 59.3 Å². The molecule has 1 aliphatic carbocycles. The van der Waals surface area contributed by atoms with Gasteiger partial charge in [-0.05, 0) is 38.5 Å². The average Bonchev–Trinajstić information content (AvgIpc) is 2.95. The average molecular weight is 350 g/mol. The van der Waals surface area contributed by atoms with Crippen LogP contribution in [0.15, 0.2) is 0 Å². The number of amides is 2. The van der Waals surface area contributed by atoms with Gasteiger partial charge >= 0.3 is 0 Å². The predicted molar refractivity (Wildman–Crippen MR) is 96.1 cm³/mol. The van der Waals surface area contributed by atoms with E-state index >= 15 is 0 Å². The Bertz CT molecular complexity index is 609. The van der Waals surface area contributed by atoms with Crippen molar-refractivity contribution in [1.82, 2.24) is 9.88 Å². The molecule has 6 heteroatoms. The molecule has 1 atom stereocenters. The topological polar surface area (TPSA) is 62.3 Å². The van der Waals surface area contributed by atoms with Crippen molar-refractivity contribution in [3.8, 4) is 0 Å². The zero-order chi connectivity index (χ0) is 17.3. The Morgan fingerprint density at radius 3 is 2.67 bits per heavy atom. The Kier molecular flexibility index (Phi) is 4.95. The second-order valence-corrected chi connectivity index (χ2v) is 9.01. The maximum absolute atomic E-state index is 12.6. The number of fused-ring (bicyclic) bond motifs is 1. The molecule has 1 fully saturated rings. The van der Waals surface area contributed by atoms with Gasteiger partial charge in [0.15, 0.2) is 5.13 Å². The Hall–Kier alpha value is -1.43. The summed E-state index contributed by atoms with van der Waals surface area (Å²) in [7, 11) is 0. The molecule has 1 aromatic heterocycles. The zero-order valence-corrected chi connectivity index (χ0v) is 15.7. The van der Waals surface area contributed by atoms with Crippen LogP contribution in [0.3, 0.4) is 0 Å². The van der Waals surface area contributed by atoms with E-state index in [4.69, 9.17) is 0 Å². The van der Waals surface area contributed by atoms with Crippen molar-refractivity contribution in [2.75, 3.05) is 18.4 Å². The lowest BCUT2D eigenvalue weighted by Gasteiger charge is -2.35. The minimum atomic E-state index is -0.396. The number of rotatable bonds is 2. The van der Waals surface area contributed by atoms with Gasteiger partial charge in [0, 0.05) is 23.4 Å². The first-order valence-corrected chi connectivity index (χ1v) is 9.75. The Morgan fingerprint density at radius 1 is 1.21 bits per heavy atom. The molecule has 2 heterocycles. The number of anilines is 1. The minimum absolute atomic E-state index is 0.00695. The van der Waals surface area contributed by atoms with Gasteiger partial charge in [-0.1, -0.05) is 20.8 Å². The van der Waals surface area contributed by atoms with Crippen LogP contribution in [-0.4, -0.2) is 34.8 Å². The van der Waals surface area contributed by atoms with Gasteiger partial charge < -0.3 is 10.2 Å². The van der Waals surface area contributed by atoms with Gasteiger partial charge in [0.25, 0.3) is 0 Å². The molecule has 24 heavy (non-hydrogen) atoms. The number of carbonyl (C=O) groups is 2. The molecule has 0 radical (unpaired) electrons. The molecule has 2 amide bonds. The number of piperidine rings is 1. The first-order chi connectivity index (χ1) is 11.3. The van der Waals surface area contributed by atoms with Crippen LogP contribution in [0.25, 0.3) is 0 Å². The van der Waals surface area contributed by atoms with Crippen molar-refractivity contribution < 1.29 is 9.59 Å². The SMILES string of the molecule is CC(C)(C)C(=O)N1CCCC(C(=O)Nc2nc3c(s2)CCCC3)C1. The summed E-state index contributed by atoms with van der Waals surface area (Å²) in [6.45, 7) is 7.07. The molecule has 1 unspecified atom stereocenters. The van der Waals surface area contributed by atoms with Gasteiger partial charge in [-0.2, -0.15) is 0 Å². The number of nitrogens with one attached hydrogen (secondary N) is 1. The number of hydrogen-bond acceptors (Lipinski definition) is 4. The first kappa shape index (κ1) is 17.4. The first-order valence-electron chi connectivity index (χ1n) is 8.93. The summed E-state index contributed by atoms with van der Waals surface area (Å²) in [4.78, 5) is 32.8. The van der Waals surface area contributed by atoms with E-state index in [1.807, 2.05) is 25.7 Å². The van der Waals surface area contributed by atoms with E-state index in [2.05, 4.69) is 10.3 Å². The van der Waals surface area contributed by atoms with E-state index in [1.54, 1.807) is 11.3 Å². The lowest BCUT2D eigenvalue weighted by Crippen LogP contribution is -2.47. The minimum Gasteiger partial charge on any atom is -0.341 e. The Balaban J connectivity index is 1.62. The maximum Gasteiger partial charge on any atom is 0.231 e. The van der Waals surface area contributed by atoms with Crippen molar-refractivity contribution >= 4 is 28.3 Å². The van der Waals surface area contributed by atoms with Gasteiger partial charge in [0.2, 0.25) is 11.8 Å². The van der Waals surface area contributed by atoms with E-state index in [0.717, 1.165) is 43.1 Å². The third-order valence-corrected chi connectivity index (χ3v) is 5.87. The summed E-state index contributed by atoms with van der Waals surface area (Å²) in [5, 5.41) is 3.73. The lowest BCUT2D eigenvalue weighted by molar-refractivity contribution is -0.142. The summed E-state index contributed by atoms with van der Waals surface area (Å²) < 4.78 is 0. The zero-order valence-electron chi connectivity index (χ0n) is 14.9. The Morgan fingerprint density at radius 2 is 1.96 bits per heavy atom. The van der Waals surface area contributed by atoms with E-state index in [0.29, 0.717) is 6.54 Å². The highest BCUT2D eigenvalue weighted by atomic mass is 32.1. The van der Waals surface area contributed by atoms with Crippen LogP contribution in [-0.2, 0) is 22.4 Å². The number of aryl methyl sites for hydroxylation is 2. The van der Waals surface area contributed by atoms with Crippen LogP contribution < -0.4 is 5.32 Å². The van der Waals surface area contributed by atoms with Crippen LogP contribution in [0.4, 0.5) is 5.13 Å². The number of thiazole rings is 1. The van der Waals surface area contributed by atoms with Crippen LogP contribution in [0.2, 0.25) is 0 Å². The highest BCUT2D eigenvalue weighted by molar-refractivity contribution is 7.15. The molecular formula is C18H27N3O2S. The number of likely N-dealkylation sites (tertiary alicyclic amines) is 1. The number of carbonyl (C=O) groups excluding carboxylic acids is 2. The third kappa shape index (κ3) is 3.79. The van der Waals surface area contributed by atoms with Crippen LogP contribution in [0, 0.1) is 11.3 Å². The highest BCUT2D eigenvalue weighted by Crippen LogP contribution is 2.30. The molecule has 1 N–H and O–H groups in total.